The molecule has 1 aromatic carbocycles. The lowest BCUT2D eigenvalue weighted by molar-refractivity contribution is -0.0199. The molecule has 112 valence electrons. The zero-order valence-corrected chi connectivity index (χ0v) is 13.2. The highest BCUT2D eigenvalue weighted by Crippen LogP contribution is 2.41. The highest BCUT2D eigenvalue weighted by Gasteiger charge is 2.40. The predicted molar refractivity (Wildman–Crippen MR) is 84.9 cm³/mol. The van der Waals surface area contributed by atoms with Crippen LogP contribution in [0.15, 0.2) is 24.3 Å². The maximum Gasteiger partial charge on any atom is 0.0973 e. The summed E-state index contributed by atoms with van der Waals surface area (Å²) in [5, 5.41) is 11.1. The van der Waals surface area contributed by atoms with E-state index in [1.807, 2.05) is 0 Å². The molecule has 1 saturated carbocycles. The van der Waals surface area contributed by atoms with Crippen molar-refractivity contribution in [1.82, 2.24) is 4.90 Å². The van der Waals surface area contributed by atoms with Gasteiger partial charge in [0.25, 0.3) is 0 Å². The molecular formula is C18H29NO. The Morgan fingerprint density at radius 3 is 2.35 bits per heavy atom. The lowest BCUT2D eigenvalue weighted by Crippen LogP contribution is -2.49. The molecule has 0 radical (unpaired) electrons. The largest absolute Gasteiger partial charge is 0.386 e. The quantitative estimate of drug-likeness (QED) is 0.841. The second kappa shape index (κ2) is 6.73. The molecule has 2 heteroatoms. The average molecular weight is 275 g/mol. The third-order valence-corrected chi connectivity index (χ3v) is 5.04. The zero-order valence-electron chi connectivity index (χ0n) is 13.2. The summed E-state index contributed by atoms with van der Waals surface area (Å²) in [4.78, 5) is 2.27. The van der Waals surface area contributed by atoms with Crippen molar-refractivity contribution in [2.45, 2.75) is 63.5 Å². The number of aliphatic hydroxyl groups is 1. The molecule has 1 aliphatic rings. The number of hydrogen-bond donors (Lipinski definition) is 1. The van der Waals surface area contributed by atoms with Crippen LogP contribution in [0.5, 0.6) is 0 Å². The van der Waals surface area contributed by atoms with Crippen molar-refractivity contribution in [1.29, 1.82) is 0 Å². The molecule has 0 aromatic heterocycles. The fourth-order valence-corrected chi connectivity index (χ4v) is 3.60. The van der Waals surface area contributed by atoms with E-state index in [0.717, 1.165) is 24.8 Å². The van der Waals surface area contributed by atoms with E-state index in [4.69, 9.17) is 0 Å². The van der Waals surface area contributed by atoms with E-state index in [1.54, 1.807) is 0 Å². The van der Waals surface area contributed by atoms with Gasteiger partial charge in [0.05, 0.1) is 11.6 Å². The molecule has 0 heterocycles. The topological polar surface area (TPSA) is 23.5 Å². The van der Waals surface area contributed by atoms with Crippen LogP contribution in [0.1, 0.15) is 62.7 Å². The van der Waals surface area contributed by atoms with Crippen molar-refractivity contribution in [3.63, 3.8) is 0 Å². The van der Waals surface area contributed by atoms with Crippen molar-refractivity contribution < 1.29 is 5.11 Å². The number of nitrogens with zero attached hydrogens (tertiary/aromatic N) is 1. The van der Waals surface area contributed by atoms with Crippen molar-refractivity contribution in [2.75, 3.05) is 14.1 Å². The van der Waals surface area contributed by atoms with Crippen molar-refractivity contribution in [3.8, 4) is 0 Å². The normalized spacial score (nSPS) is 20.6. The first-order chi connectivity index (χ1) is 9.60. The zero-order chi connectivity index (χ0) is 14.6. The number of aliphatic hydroxyl groups excluding tert-OH is 1. The van der Waals surface area contributed by atoms with Crippen molar-refractivity contribution in [3.05, 3.63) is 35.4 Å². The molecule has 1 atom stereocenters. The molecule has 1 aromatic rings. The molecule has 0 amide bonds. The summed E-state index contributed by atoms with van der Waals surface area (Å²) in [6, 6.07) is 8.49. The molecule has 20 heavy (non-hydrogen) atoms. The third kappa shape index (κ3) is 3.07. The average Bonchev–Trinajstić information content (AvgIpc) is 2.73. The van der Waals surface area contributed by atoms with E-state index < -0.39 is 0 Å². The molecule has 0 saturated heterocycles. The van der Waals surface area contributed by atoms with Crippen molar-refractivity contribution >= 4 is 0 Å². The molecule has 0 aliphatic heterocycles. The molecule has 0 bridgehead atoms. The summed E-state index contributed by atoms with van der Waals surface area (Å²) < 4.78 is 0. The second-order valence-electron chi connectivity index (χ2n) is 6.41. The van der Waals surface area contributed by atoms with E-state index in [2.05, 4.69) is 50.2 Å². The maximum absolute atomic E-state index is 11.1. The first-order valence-electron chi connectivity index (χ1n) is 8.04. The standard InChI is InChI=1S/C18H29NO/c1-4-15-10-9-11-16(14-15)17(20)18(19(2)3)12-7-5-6-8-13-18/h9-11,14,17,20H,4-8,12-13H2,1-3H3. The van der Waals surface area contributed by atoms with E-state index in [0.29, 0.717) is 0 Å². The van der Waals surface area contributed by atoms with Crippen LogP contribution in [0.25, 0.3) is 0 Å². The smallest absolute Gasteiger partial charge is 0.0973 e. The van der Waals surface area contributed by atoms with Gasteiger partial charge in [-0.1, -0.05) is 56.9 Å². The van der Waals surface area contributed by atoms with Crippen LogP contribution in [0.3, 0.4) is 0 Å². The Morgan fingerprint density at radius 1 is 1.15 bits per heavy atom. The minimum atomic E-state index is -0.387. The van der Waals surface area contributed by atoms with Crippen LogP contribution in [0, 0.1) is 0 Å². The Labute approximate surface area is 123 Å². The minimum absolute atomic E-state index is 0.0944. The number of rotatable bonds is 4. The van der Waals surface area contributed by atoms with Gasteiger partial charge in [-0.2, -0.15) is 0 Å². The van der Waals surface area contributed by atoms with E-state index in [1.165, 1.54) is 31.2 Å². The molecule has 0 spiro atoms. The Kier molecular flexibility index (Phi) is 5.22. The molecule has 1 unspecified atom stereocenters. The van der Waals surface area contributed by atoms with Gasteiger partial charge in [0.1, 0.15) is 0 Å². The molecular weight excluding hydrogens is 246 g/mol. The Bertz CT molecular complexity index is 419. The summed E-state index contributed by atoms with van der Waals surface area (Å²) in [5.41, 5.74) is 2.30. The van der Waals surface area contributed by atoms with Crippen LogP contribution in [-0.2, 0) is 6.42 Å². The van der Waals surface area contributed by atoms with Crippen LogP contribution in [-0.4, -0.2) is 29.6 Å². The summed E-state index contributed by atoms with van der Waals surface area (Å²) in [7, 11) is 4.25. The lowest BCUT2D eigenvalue weighted by Gasteiger charge is -2.43. The van der Waals surface area contributed by atoms with Gasteiger partial charge < -0.3 is 10.0 Å². The maximum atomic E-state index is 11.1. The monoisotopic (exact) mass is 275 g/mol. The lowest BCUT2D eigenvalue weighted by atomic mass is 9.79. The van der Waals surface area contributed by atoms with Crippen LogP contribution >= 0.6 is 0 Å². The van der Waals surface area contributed by atoms with E-state index >= 15 is 0 Å². The van der Waals surface area contributed by atoms with Crippen LogP contribution in [0.4, 0.5) is 0 Å². The first-order valence-corrected chi connectivity index (χ1v) is 8.04. The molecule has 2 rings (SSSR count). The summed E-state index contributed by atoms with van der Waals surface area (Å²) in [5.74, 6) is 0. The number of likely N-dealkylation sites (N-methyl/N-ethyl adjacent to an activating group) is 1. The van der Waals surface area contributed by atoms with Gasteiger partial charge in [0, 0.05) is 0 Å². The second-order valence-corrected chi connectivity index (χ2v) is 6.41. The molecule has 1 N–H and O–H groups in total. The Balaban J connectivity index is 2.32. The summed E-state index contributed by atoms with van der Waals surface area (Å²) in [6.07, 6.45) is 7.88. The number of aryl methyl sites for hydroxylation is 1. The SMILES string of the molecule is CCc1cccc(C(O)C2(N(C)C)CCCCCC2)c1. The summed E-state index contributed by atoms with van der Waals surface area (Å²) in [6.45, 7) is 2.17. The molecule has 2 nitrogen and oxygen atoms in total. The molecule has 1 fully saturated rings. The van der Waals surface area contributed by atoms with Gasteiger partial charge in [0.2, 0.25) is 0 Å². The Hall–Kier alpha value is -0.860. The predicted octanol–water partition coefficient (Wildman–Crippen LogP) is 3.94. The highest BCUT2D eigenvalue weighted by molar-refractivity contribution is 5.27. The van der Waals surface area contributed by atoms with Gasteiger partial charge in [-0.3, -0.25) is 0 Å². The van der Waals surface area contributed by atoms with E-state index in [-0.39, 0.29) is 11.6 Å². The van der Waals surface area contributed by atoms with E-state index in [9.17, 15) is 5.11 Å². The summed E-state index contributed by atoms with van der Waals surface area (Å²) >= 11 is 0. The van der Waals surface area contributed by atoms with Gasteiger partial charge in [-0.15, -0.1) is 0 Å². The third-order valence-electron chi connectivity index (χ3n) is 5.04. The van der Waals surface area contributed by atoms with Gasteiger partial charge in [-0.25, -0.2) is 0 Å². The van der Waals surface area contributed by atoms with Gasteiger partial charge in [-0.05, 0) is 44.5 Å². The minimum Gasteiger partial charge on any atom is -0.386 e. The van der Waals surface area contributed by atoms with Crippen LogP contribution in [0.2, 0.25) is 0 Å². The van der Waals surface area contributed by atoms with Crippen LogP contribution < -0.4 is 0 Å². The van der Waals surface area contributed by atoms with Gasteiger partial charge >= 0.3 is 0 Å². The Morgan fingerprint density at radius 2 is 1.80 bits per heavy atom. The number of hydrogen-bond acceptors (Lipinski definition) is 2. The first kappa shape index (κ1) is 15.5. The highest BCUT2D eigenvalue weighted by atomic mass is 16.3. The fraction of sp³-hybridized carbons (Fsp3) is 0.667. The number of benzene rings is 1. The van der Waals surface area contributed by atoms with Crippen molar-refractivity contribution in [2.24, 2.45) is 0 Å². The fourth-order valence-electron chi connectivity index (χ4n) is 3.60. The molecule has 1 aliphatic carbocycles. The van der Waals surface area contributed by atoms with Gasteiger partial charge in [0.15, 0.2) is 0 Å².